The van der Waals surface area contributed by atoms with Crippen LogP contribution in [0.1, 0.15) is 23.8 Å². The highest BCUT2D eigenvalue weighted by molar-refractivity contribution is 5.93. The lowest BCUT2D eigenvalue weighted by Crippen LogP contribution is -2.46. The zero-order chi connectivity index (χ0) is 16.8. The number of pyridine rings is 2. The van der Waals surface area contributed by atoms with Crippen molar-refractivity contribution in [2.24, 2.45) is 0 Å². The quantitative estimate of drug-likeness (QED) is 0.910. The second-order valence-electron chi connectivity index (χ2n) is 5.82. The number of nitrogens with one attached hydrogen (secondary N) is 1. The predicted molar refractivity (Wildman–Crippen MR) is 95.5 cm³/mol. The maximum absolute atomic E-state index is 12.1. The molecule has 0 spiro atoms. The van der Waals surface area contributed by atoms with Gasteiger partial charge in [0, 0.05) is 50.8 Å². The Hall–Kier alpha value is -2.63. The summed E-state index contributed by atoms with van der Waals surface area (Å²) in [6.45, 7) is 6.33. The van der Waals surface area contributed by atoms with Gasteiger partial charge in [0.05, 0.1) is 0 Å². The summed E-state index contributed by atoms with van der Waals surface area (Å²) in [6, 6.07) is 9.83. The molecule has 0 bridgehead atoms. The van der Waals surface area contributed by atoms with Crippen molar-refractivity contribution in [1.82, 2.24) is 15.3 Å². The molecule has 0 saturated carbocycles. The number of rotatable bonds is 5. The van der Waals surface area contributed by atoms with Gasteiger partial charge in [0.15, 0.2) is 0 Å². The number of aromatic nitrogens is 2. The third-order valence-corrected chi connectivity index (χ3v) is 4.13. The fourth-order valence-corrected chi connectivity index (χ4v) is 2.80. The van der Waals surface area contributed by atoms with E-state index >= 15 is 0 Å². The lowest BCUT2D eigenvalue weighted by molar-refractivity contribution is 0.0948. The van der Waals surface area contributed by atoms with E-state index in [1.807, 2.05) is 43.5 Å². The molecule has 24 heavy (non-hydrogen) atoms. The molecule has 6 nitrogen and oxygen atoms in total. The highest BCUT2D eigenvalue weighted by Gasteiger charge is 2.19. The Bertz CT molecular complexity index is 668. The fraction of sp³-hybridized carbons (Fsp3) is 0.389. The third kappa shape index (κ3) is 3.82. The van der Waals surface area contributed by atoms with E-state index in [4.69, 9.17) is 0 Å². The van der Waals surface area contributed by atoms with Crippen LogP contribution < -0.4 is 15.1 Å². The van der Waals surface area contributed by atoms with E-state index in [-0.39, 0.29) is 5.91 Å². The summed E-state index contributed by atoms with van der Waals surface area (Å²) in [7, 11) is 0. The first-order valence-corrected chi connectivity index (χ1v) is 8.43. The first kappa shape index (κ1) is 16.2. The van der Waals surface area contributed by atoms with Crippen molar-refractivity contribution < 1.29 is 4.79 Å². The summed E-state index contributed by atoms with van der Waals surface area (Å²) in [5, 5.41) is 2.87. The van der Waals surface area contributed by atoms with Crippen molar-refractivity contribution in [3.63, 3.8) is 0 Å². The van der Waals surface area contributed by atoms with Crippen LogP contribution in [-0.2, 0) is 0 Å². The smallest absolute Gasteiger partial charge is 0.269 e. The lowest BCUT2D eigenvalue weighted by atomic mass is 10.2. The van der Waals surface area contributed by atoms with Gasteiger partial charge in [-0.1, -0.05) is 13.0 Å². The number of nitrogens with zero attached hydrogens (tertiary/aromatic N) is 4. The average molecular weight is 325 g/mol. The van der Waals surface area contributed by atoms with E-state index in [1.165, 1.54) is 0 Å². The van der Waals surface area contributed by atoms with E-state index in [2.05, 4.69) is 25.1 Å². The third-order valence-electron chi connectivity index (χ3n) is 4.13. The highest BCUT2D eigenvalue weighted by atomic mass is 16.1. The molecule has 1 saturated heterocycles. The lowest BCUT2D eigenvalue weighted by Gasteiger charge is -2.36. The van der Waals surface area contributed by atoms with Crippen LogP contribution in [0.4, 0.5) is 11.5 Å². The second kappa shape index (κ2) is 7.77. The van der Waals surface area contributed by atoms with E-state index in [0.29, 0.717) is 12.2 Å². The summed E-state index contributed by atoms with van der Waals surface area (Å²) < 4.78 is 0. The SMILES string of the molecule is CCCNC(=O)c1cc(N2CCN(c3ccccn3)CC2)ccn1. The van der Waals surface area contributed by atoms with Gasteiger partial charge in [-0.3, -0.25) is 9.78 Å². The van der Waals surface area contributed by atoms with Crippen molar-refractivity contribution in [1.29, 1.82) is 0 Å². The van der Waals surface area contributed by atoms with E-state index in [9.17, 15) is 4.79 Å². The van der Waals surface area contributed by atoms with E-state index in [1.54, 1.807) is 6.20 Å². The molecule has 0 radical (unpaired) electrons. The van der Waals surface area contributed by atoms with Gasteiger partial charge in [-0.05, 0) is 30.7 Å². The Labute approximate surface area is 142 Å². The number of carbonyl (C=O) groups excluding carboxylic acids is 1. The molecule has 1 fully saturated rings. The van der Waals surface area contributed by atoms with Gasteiger partial charge in [0.1, 0.15) is 11.5 Å². The number of hydrogen-bond donors (Lipinski definition) is 1. The minimum Gasteiger partial charge on any atom is -0.368 e. The average Bonchev–Trinajstić information content (AvgIpc) is 2.67. The Kier molecular flexibility index (Phi) is 5.25. The monoisotopic (exact) mass is 325 g/mol. The zero-order valence-corrected chi connectivity index (χ0v) is 14.0. The van der Waals surface area contributed by atoms with Crippen LogP contribution in [0, 0.1) is 0 Å². The minimum absolute atomic E-state index is 0.106. The summed E-state index contributed by atoms with van der Waals surface area (Å²) in [6.07, 6.45) is 4.45. The number of anilines is 2. The van der Waals surface area contributed by atoms with Crippen molar-refractivity contribution in [2.75, 3.05) is 42.5 Å². The Morgan fingerprint density at radius 1 is 1.08 bits per heavy atom. The Morgan fingerprint density at radius 3 is 2.58 bits per heavy atom. The maximum Gasteiger partial charge on any atom is 0.269 e. The summed E-state index contributed by atoms with van der Waals surface area (Å²) in [4.78, 5) is 25.2. The summed E-state index contributed by atoms with van der Waals surface area (Å²) >= 11 is 0. The van der Waals surface area contributed by atoms with Gasteiger partial charge in [-0.25, -0.2) is 4.98 Å². The second-order valence-corrected chi connectivity index (χ2v) is 5.82. The topological polar surface area (TPSA) is 61.4 Å². The van der Waals surface area contributed by atoms with Crippen molar-refractivity contribution in [3.05, 3.63) is 48.4 Å². The van der Waals surface area contributed by atoms with Crippen molar-refractivity contribution >= 4 is 17.4 Å². The summed E-state index contributed by atoms with van der Waals surface area (Å²) in [5.74, 6) is 0.914. The largest absolute Gasteiger partial charge is 0.368 e. The predicted octanol–water partition coefficient (Wildman–Crippen LogP) is 1.94. The van der Waals surface area contributed by atoms with Crippen molar-refractivity contribution in [3.8, 4) is 0 Å². The minimum atomic E-state index is -0.106. The van der Waals surface area contributed by atoms with Crippen LogP contribution in [0.5, 0.6) is 0 Å². The number of piperazine rings is 1. The molecular formula is C18H23N5O. The zero-order valence-electron chi connectivity index (χ0n) is 14.0. The van der Waals surface area contributed by atoms with Crippen LogP contribution in [0.2, 0.25) is 0 Å². The molecule has 2 aromatic heterocycles. The molecule has 0 atom stereocenters. The number of amides is 1. The fourth-order valence-electron chi connectivity index (χ4n) is 2.80. The molecule has 1 aliphatic heterocycles. The van der Waals surface area contributed by atoms with Crippen LogP contribution in [0.25, 0.3) is 0 Å². The molecular weight excluding hydrogens is 302 g/mol. The van der Waals surface area contributed by atoms with Crippen LogP contribution in [0.15, 0.2) is 42.7 Å². The first-order chi connectivity index (χ1) is 11.8. The number of carbonyl (C=O) groups is 1. The maximum atomic E-state index is 12.1. The van der Waals surface area contributed by atoms with Gasteiger partial charge >= 0.3 is 0 Å². The molecule has 1 N–H and O–H groups in total. The van der Waals surface area contributed by atoms with Crippen LogP contribution >= 0.6 is 0 Å². The van der Waals surface area contributed by atoms with E-state index < -0.39 is 0 Å². The molecule has 0 aromatic carbocycles. The standard InChI is InChI=1S/C18H23N5O/c1-2-7-21-18(24)16-14-15(6-9-19-16)22-10-12-23(13-11-22)17-5-3-4-8-20-17/h3-6,8-9,14H,2,7,10-13H2,1H3,(H,21,24). The van der Waals surface area contributed by atoms with Crippen LogP contribution in [0.3, 0.4) is 0 Å². The number of hydrogen-bond acceptors (Lipinski definition) is 5. The van der Waals surface area contributed by atoms with Crippen LogP contribution in [-0.4, -0.2) is 48.6 Å². The first-order valence-electron chi connectivity index (χ1n) is 8.43. The molecule has 1 aliphatic rings. The van der Waals surface area contributed by atoms with Crippen molar-refractivity contribution in [2.45, 2.75) is 13.3 Å². The van der Waals surface area contributed by atoms with Gasteiger partial charge in [0.2, 0.25) is 0 Å². The Morgan fingerprint density at radius 2 is 1.88 bits per heavy atom. The molecule has 2 aromatic rings. The van der Waals surface area contributed by atoms with E-state index in [0.717, 1.165) is 44.1 Å². The van der Waals surface area contributed by atoms with Gasteiger partial charge in [0.25, 0.3) is 5.91 Å². The van der Waals surface area contributed by atoms with Gasteiger partial charge < -0.3 is 15.1 Å². The molecule has 126 valence electrons. The molecule has 1 amide bonds. The molecule has 3 heterocycles. The van der Waals surface area contributed by atoms with Gasteiger partial charge in [-0.15, -0.1) is 0 Å². The molecule has 3 rings (SSSR count). The summed E-state index contributed by atoms with van der Waals surface area (Å²) in [5.41, 5.74) is 1.53. The highest BCUT2D eigenvalue weighted by Crippen LogP contribution is 2.19. The Balaban J connectivity index is 1.63. The van der Waals surface area contributed by atoms with Gasteiger partial charge in [-0.2, -0.15) is 0 Å². The molecule has 0 unspecified atom stereocenters. The molecule has 6 heteroatoms. The molecule has 0 aliphatic carbocycles. The normalized spacial score (nSPS) is 14.5.